The summed E-state index contributed by atoms with van der Waals surface area (Å²) < 4.78 is 54.9. The van der Waals surface area contributed by atoms with Gasteiger partial charge in [-0.2, -0.15) is 13.2 Å². The van der Waals surface area contributed by atoms with Crippen LogP contribution in [-0.2, 0) is 14.9 Å². The molecule has 13 heteroatoms. The second-order valence-corrected chi connectivity index (χ2v) is 12.0. The lowest BCUT2D eigenvalue weighted by molar-refractivity contribution is -0.173. The van der Waals surface area contributed by atoms with E-state index in [0.717, 1.165) is 65.8 Å². The Balaban J connectivity index is 1.44. The zero-order valence-corrected chi connectivity index (χ0v) is 27.2. The van der Waals surface area contributed by atoms with E-state index in [2.05, 4.69) is 0 Å². The van der Waals surface area contributed by atoms with Gasteiger partial charge in [-0.3, -0.25) is 24.1 Å². The van der Waals surface area contributed by atoms with Crippen LogP contribution in [0.3, 0.4) is 0 Å². The number of carbonyl (C=O) groups is 6. The third-order valence-corrected chi connectivity index (χ3v) is 9.24. The number of halogens is 3. The molecule has 0 spiro atoms. The van der Waals surface area contributed by atoms with E-state index in [0.29, 0.717) is 5.56 Å². The zero-order valence-electron chi connectivity index (χ0n) is 27.2. The standard InChI is InChI=1S/C37H27F3N2O8/c1-18-6-10-22(28(14-18)34(47)49-4)23-13-9-21(17-29(23)35(48)50-5)42-32(45)25-12-8-20(16-27(25)33(42)46)36(2,37(38,39)40)19-7-11-24-26(15-19)31(44)41(3)30(24)43/h6-17H,1-5H3. The van der Waals surface area contributed by atoms with E-state index in [9.17, 15) is 28.8 Å². The van der Waals surface area contributed by atoms with Crippen LogP contribution in [0, 0.1) is 6.92 Å². The van der Waals surface area contributed by atoms with Gasteiger partial charge in [-0.25, -0.2) is 14.5 Å². The van der Waals surface area contributed by atoms with E-state index >= 15 is 13.2 Å². The fourth-order valence-corrected chi connectivity index (χ4v) is 6.31. The van der Waals surface area contributed by atoms with Crippen LogP contribution in [0.25, 0.3) is 11.1 Å². The molecular weight excluding hydrogens is 657 g/mol. The van der Waals surface area contributed by atoms with Crippen molar-refractivity contribution >= 4 is 41.3 Å². The van der Waals surface area contributed by atoms with Crippen LogP contribution in [0.15, 0.2) is 72.8 Å². The molecule has 0 saturated heterocycles. The first-order chi connectivity index (χ1) is 23.5. The summed E-state index contributed by atoms with van der Waals surface area (Å²) in [6, 6.07) is 15.4. The Kier molecular flexibility index (Phi) is 7.97. The molecule has 0 fully saturated rings. The number of imide groups is 2. The van der Waals surface area contributed by atoms with Gasteiger partial charge in [0.15, 0.2) is 0 Å². The van der Waals surface area contributed by atoms with Crippen molar-refractivity contribution < 1.29 is 51.4 Å². The number of methoxy groups -OCH3 is 2. The molecule has 4 aromatic carbocycles. The van der Waals surface area contributed by atoms with Crippen molar-refractivity contribution in [3.05, 3.63) is 123 Å². The molecule has 1 unspecified atom stereocenters. The molecule has 0 saturated carbocycles. The number of aryl methyl sites for hydroxylation is 1. The second kappa shape index (κ2) is 11.8. The van der Waals surface area contributed by atoms with Gasteiger partial charge < -0.3 is 9.47 Å². The van der Waals surface area contributed by atoms with Gasteiger partial charge in [0.2, 0.25) is 0 Å². The third-order valence-electron chi connectivity index (χ3n) is 9.24. The number of alkyl halides is 3. The van der Waals surface area contributed by atoms with Crippen molar-refractivity contribution in [2.45, 2.75) is 25.4 Å². The topological polar surface area (TPSA) is 127 Å². The predicted molar refractivity (Wildman–Crippen MR) is 172 cm³/mol. The molecule has 254 valence electrons. The highest BCUT2D eigenvalue weighted by Gasteiger charge is 2.55. The van der Waals surface area contributed by atoms with Gasteiger partial charge in [-0.05, 0) is 78.6 Å². The Morgan fingerprint density at radius 1 is 0.600 bits per heavy atom. The number of ether oxygens (including phenoxy) is 2. The Hall–Kier alpha value is -6.11. The van der Waals surface area contributed by atoms with Gasteiger partial charge in [-0.15, -0.1) is 0 Å². The predicted octanol–water partition coefficient (Wildman–Crippen LogP) is 6.13. The molecule has 0 aromatic heterocycles. The number of fused-ring (bicyclic) bond motifs is 2. The molecule has 1 atom stereocenters. The van der Waals surface area contributed by atoms with Gasteiger partial charge in [0, 0.05) is 7.05 Å². The molecule has 50 heavy (non-hydrogen) atoms. The minimum absolute atomic E-state index is 0.0302. The Morgan fingerprint density at radius 2 is 1.04 bits per heavy atom. The van der Waals surface area contributed by atoms with Crippen molar-refractivity contribution in [1.82, 2.24) is 4.90 Å². The lowest BCUT2D eigenvalue weighted by atomic mass is 9.74. The quantitative estimate of drug-likeness (QED) is 0.175. The van der Waals surface area contributed by atoms with E-state index in [1.165, 1.54) is 32.4 Å². The van der Waals surface area contributed by atoms with Crippen LogP contribution >= 0.6 is 0 Å². The Morgan fingerprint density at radius 3 is 1.58 bits per heavy atom. The van der Waals surface area contributed by atoms with Crippen molar-refractivity contribution in [1.29, 1.82) is 0 Å². The first-order valence-electron chi connectivity index (χ1n) is 15.0. The number of nitrogens with zero attached hydrogens (tertiary/aromatic N) is 2. The molecule has 0 radical (unpaired) electrons. The van der Waals surface area contributed by atoms with Crippen LogP contribution in [0.4, 0.5) is 18.9 Å². The average molecular weight is 685 g/mol. The van der Waals surface area contributed by atoms with E-state index in [4.69, 9.17) is 9.47 Å². The van der Waals surface area contributed by atoms with Crippen LogP contribution in [0.1, 0.15) is 85.8 Å². The SMILES string of the molecule is COC(=O)c1cc(C)ccc1-c1ccc(N2C(=O)c3ccc(C(C)(c4ccc5c(c4)C(=O)N(C)C5=O)C(F)(F)F)cc3C2=O)cc1C(=O)OC. The molecule has 0 bridgehead atoms. The summed E-state index contributed by atoms with van der Waals surface area (Å²) in [5.74, 6) is -4.69. The zero-order chi connectivity index (χ0) is 36.4. The van der Waals surface area contributed by atoms with Gasteiger partial charge >= 0.3 is 18.1 Å². The largest absolute Gasteiger partial charge is 0.465 e. The summed E-state index contributed by atoms with van der Waals surface area (Å²) in [6.07, 6.45) is -4.96. The Labute approximate surface area is 283 Å². The number of benzene rings is 4. The van der Waals surface area contributed by atoms with Crippen molar-refractivity contribution in [2.24, 2.45) is 0 Å². The molecule has 2 aliphatic rings. The molecule has 2 aliphatic heterocycles. The highest BCUT2D eigenvalue weighted by Crippen LogP contribution is 2.48. The molecule has 10 nitrogen and oxygen atoms in total. The number of hydrogen-bond acceptors (Lipinski definition) is 8. The second-order valence-electron chi connectivity index (χ2n) is 12.0. The van der Waals surface area contributed by atoms with Crippen LogP contribution in [-0.4, -0.2) is 67.9 Å². The van der Waals surface area contributed by atoms with Crippen molar-refractivity contribution in [2.75, 3.05) is 26.2 Å². The first-order valence-corrected chi connectivity index (χ1v) is 15.0. The summed E-state index contributed by atoms with van der Waals surface area (Å²) in [6.45, 7) is 2.65. The van der Waals surface area contributed by atoms with Crippen LogP contribution < -0.4 is 4.90 Å². The number of hydrogen-bond donors (Lipinski definition) is 0. The minimum Gasteiger partial charge on any atom is -0.465 e. The van der Waals surface area contributed by atoms with E-state index < -0.39 is 52.7 Å². The number of esters is 2. The lowest BCUT2D eigenvalue weighted by Crippen LogP contribution is -2.41. The molecule has 0 N–H and O–H groups in total. The minimum atomic E-state index is -4.96. The van der Waals surface area contributed by atoms with E-state index in [-0.39, 0.29) is 50.2 Å². The van der Waals surface area contributed by atoms with Crippen molar-refractivity contribution in [3.63, 3.8) is 0 Å². The number of rotatable bonds is 6. The molecular formula is C37H27F3N2O8. The summed E-state index contributed by atoms with van der Waals surface area (Å²) in [4.78, 5) is 79.6. The highest BCUT2D eigenvalue weighted by molar-refractivity contribution is 6.34. The number of amides is 4. The van der Waals surface area contributed by atoms with Gasteiger partial charge in [0.25, 0.3) is 23.6 Å². The summed E-state index contributed by atoms with van der Waals surface area (Å²) >= 11 is 0. The molecule has 6 rings (SSSR count). The highest BCUT2D eigenvalue weighted by atomic mass is 19.4. The first kappa shape index (κ1) is 33.8. The van der Waals surface area contributed by atoms with E-state index in [1.54, 1.807) is 25.1 Å². The fraction of sp³-hybridized carbons (Fsp3) is 0.189. The maximum atomic E-state index is 15.0. The van der Waals surface area contributed by atoms with Gasteiger partial charge in [0.1, 0.15) is 5.41 Å². The summed E-state index contributed by atoms with van der Waals surface area (Å²) in [5, 5.41) is 0. The Bertz CT molecular complexity index is 2210. The average Bonchev–Trinajstić information content (AvgIpc) is 3.48. The summed E-state index contributed by atoms with van der Waals surface area (Å²) in [7, 11) is 3.56. The molecule has 4 aromatic rings. The maximum Gasteiger partial charge on any atom is 0.402 e. The fourth-order valence-electron chi connectivity index (χ4n) is 6.31. The third kappa shape index (κ3) is 4.96. The smallest absolute Gasteiger partial charge is 0.402 e. The number of anilines is 1. The molecule has 0 aliphatic carbocycles. The van der Waals surface area contributed by atoms with Gasteiger partial charge in [-0.1, -0.05) is 35.9 Å². The van der Waals surface area contributed by atoms with Crippen molar-refractivity contribution in [3.8, 4) is 11.1 Å². The summed E-state index contributed by atoms with van der Waals surface area (Å²) in [5.41, 5.74) is -2.94. The normalized spacial score (nSPS) is 15.2. The van der Waals surface area contributed by atoms with Crippen LogP contribution in [0.5, 0.6) is 0 Å². The van der Waals surface area contributed by atoms with E-state index in [1.807, 2.05) is 0 Å². The van der Waals surface area contributed by atoms with Gasteiger partial charge in [0.05, 0.1) is 53.3 Å². The maximum absolute atomic E-state index is 15.0. The number of carbonyl (C=O) groups excluding carboxylic acids is 6. The molecule has 4 amide bonds. The molecule has 2 heterocycles. The lowest BCUT2D eigenvalue weighted by Gasteiger charge is -2.33. The monoisotopic (exact) mass is 684 g/mol. The van der Waals surface area contributed by atoms with Crippen LogP contribution in [0.2, 0.25) is 0 Å².